The van der Waals surface area contributed by atoms with Gasteiger partial charge in [0.2, 0.25) is 5.88 Å². The Bertz CT molecular complexity index is 420. The fourth-order valence-corrected chi connectivity index (χ4v) is 2.77. The van der Waals surface area contributed by atoms with Crippen molar-refractivity contribution in [2.45, 2.75) is 44.8 Å². The first-order valence-electron chi connectivity index (χ1n) is 7.40. The Hall–Kier alpha value is -1.13. The third-order valence-corrected chi connectivity index (χ3v) is 3.97. The monoisotopic (exact) mass is 261 g/mol. The lowest BCUT2D eigenvalue weighted by molar-refractivity contribution is 0.317. The van der Waals surface area contributed by atoms with E-state index >= 15 is 0 Å². The van der Waals surface area contributed by atoms with Gasteiger partial charge >= 0.3 is 0 Å². The molecule has 0 amide bonds. The van der Waals surface area contributed by atoms with Gasteiger partial charge in [-0.25, -0.2) is 4.98 Å². The van der Waals surface area contributed by atoms with E-state index in [9.17, 15) is 0 Å². The lowest BCUT2D eigenvalue weighted by Crippen LogP contribution is -2.32. The van der Waals surface area contributed by atoms with Crippen molar-refractivity contribution in [1.29, 1.82) is 0 Å². The van der Waals surface area contributed by atoms with Gasteiger partial charge in [0, 0.05) is 44.0 Å². The Labute approximate surface area is 115 Å². The van der Waals surface area contributed by atoms with Crippen LogP contribution in [0.5, 0.6) is 5.88 Å². The van der Waals surface area contributed by atoms with Crippen LogP contribution in [0.1, 0.15) is 31.7 Å². The highest BCUT2D eigenvalue weighted by molar-refractivity contribution is 5.20. The molecule has 2 heterocycles. The lowest BCUT2D eigenvalue weighted by Gasteiger charge is -2.16. The van der Waals surface area contributed by atoms with Crippen molar-refractivity contribution in [3.63, 3.8) is 0 Å². The molecule has 1 aromatic heterocycles. The van der Waals surface area contributed by atoms with Crippen molar-refractivity contribution in [2.75, 3.05) is 19.7 Å². The molecule has 0 radical (unpaired) electrons. The summed E-state index contributed by atoms with van der Waals surface area (Å²) in [6, 6.07) is 5.63. The summed E-state index contributed by atoms with van der Waals surface area (Å²) in [5, 5.41) is 3.65. The molecule has 2 fully saturated rings. The Balaban J connectivity index is 1.47. The number of hydrogen-bond acceptors (Lipinski definition) is 4. The fraction of sp³-hybridized carbons (Fsp3) is 0.667. The maximum absolute atomic E-state index is 5.43. The molecule has 1 aliphatic carbocycles. The van der Waals surface area contributed by atoms with Gasteiger partial charge in [-0.2, -0.15) is 0 Å². The number of rotatable bonds is 6. The molecule has 1 N–H and O–H groups in total. The molecule has 19 heavy (non-hydrogen) atoms. The van der Waals surface area contributed by atoms with E-state index in [2.05, 4.69) is 21.3 Å². The summed E-state index contributed by atoms with van der Waals surface area (Å²) in [6.45, 7) is 6.04. The van der Waals surface area contributed by atoms with Gasteiger partial charge in [-0.1, -0.05) is 0 Å². The molecule has 1 aliphatic heterocycles. The Morgan fingerprint density at radius 2 is 2.32 bits per heavy atom. The van der Waals surface area contributed by atoms with Gasteiger partial charge < -0.3 is 10.1 Å². The van der Waals surface area contributed by atoms with E-state index in [1.165, 1.54) is 37.9 Å². The summed E-state index contributed by atoms with van der Waals surface area (Å²) < 4.78 is 5.43. The smallest absolute Gasteiger partial charge is 0.213 e. The van der Waals surface area contributed by atoms with Gasteiger partial charge in [-0.05, 0) is 37.8 Å². The minimum atomic E-state index is 0.643. The number of pyridine rings is 1. The molecule has 4 heteroatoms. The SMILES string of the molecule is CCOc1cc(CN[C@H]2CCN(C3CC3)C2)ccn1. The fourth-order valence-electron chi connectivity index (χ4n) is 2.77. The van der Waals surface area contributed by atoms with Crippen LogP contribution in [0.15, 0.2) is 18.3 Å². The van der Waals surface area contributed by atoms with Gasteiger partial charge in [0.15, 0.2) is 0 Å². The van der Waals surface area contributed by atoms with Crippen molar-refractivity contribution >= 4 is 0 Å². The van der Waals surface area contributed by atoms with E-state index in [1.54, 1.807) is 0 Å². The molecule has 104 valence electrons. The number of hydrogen-bond donors (Lipinski definition) is 1. The van der Waals surface area contributed by atoms with Gasteiger partial charge in [0.1, 0.15) is 0 Å². The van der Waals surface area contributed by atoms with Crippen LogP contribution >= 0.6 is 0 Å². The molecule has 1 saturated carbocycles. The van der Waals surface area contributed by atoms with Crippen LogP contribution < -0.4 is 10.1 Å². The molecule has 3 rings (SSSR count). The van der Waals surface area contributed by atoms with E-state index in [1.807, 2.05) is 19.2 Å². The van der Waals surface area contributed by atoms with Crippen LogP contribution in [0.2, 0.25) is 0 Å². The molecule has 0 spiro atoms. The summed E-state index contributed by atoms with van der Waals surface area (Å²) in [5.74, 6) is 0.729. The van der Waals surface area contributed by atoms with Gasteiger partial charge in [-0.15, -0.1) is 0 Å². The standard InChI is InChI=1S/C15H23N3O/c1-2-19-15-9-12(5-7-16-15)10-17-13-6-8-18(11-13)14-3-4-14/h5,7,9,13-14,17H,2-4,6,8,10-11H2,1H3/t13-/m0/s1. The normalized spacial score (nSPS) is 23.7. The largest absolute Gasteiger partial charge is 0.478 e. The van der Waals surface area contributed by atoms with Crippen molar-refractivity contribution in [3.05, 3.63) is 23.9 Å². The minimum absolute atomic E-state index is 0.643. The van der Waals surface area contributed by atoms with E-state index in [0.29, 0.717) is 12.6 Å². The zero-order valence-electron chi connectivity index (χ0n) is 11.6. The molecule has 4 nitrogen and oxygen atoms in total. The average molecular weight is 261 g/mol. The first kappa shape index (κ1) is 12.9. The molecule has 0 bridgehead atoms. The summed E-state index contributed by atoms with van der Waals surface area (Å²) >= 11 is 0. The van der Waals surface area contributed by atoms with Crippen molar-refractivity contribution in [3.8, 4) is 5.88 Å². The van der Waals surface area contributed by atoms with Gasteiger partial charge in [0.05, 0.1) is 6.61 Å². The highest BCUT2D eigenvalue weighted by Crippen LogP contribution is 2.29. The van der Waals surface area contributed by atoms with Crippen LogP contribution in [0.4, 0.5) is 0 Å². The molecule has 0 aromatic carbocycles. The summed E-state index contributed by atoms with van der Waals surface area (Å²) in [7, 11) is 0. The zero-order chi connectivity index (χ0) is 13.1. The molecular formula is C15H23N3O. The number of ether oxygens (including phenoxy) is 1. The number of nitrogens with one attached hydrogen (secondary N) is 1. The number of likely N-dealkylation sites (tertiary alicyclic amines) is 1. The summed E-state index contributed by atoms with van der Waals surface area (Å²) in [6.07, 6.45) is 5.93. The molecule has 1 atom stereocenters. The van der Waals surface area contributed by atoms with Crippen molar-refractivity contribution < 1.29 is 4.74 Å². The highest BCUT2D eigenvalue weighted by atomic mass is 16.5. The number of nitrogens with zero attached hydrogens (tertiary/aromatic N) is 2. The second-order valence-electron chi connectivity index (χ2n) is 5.53. The molecule has 2 aliphatic rings. The van der Waals surface area contributed by atoms with Crippen LogP contribution in [-0.4, -0.2) is 41.7 Å². The highest BCUT2D eigenvalue weighted by Gasteiger charge is 2.33. The van der Waals surface area contributed by atoms with Gasteiger partial charge in [0.25, 0.3) is 0 Å². The molecule has 1 aromatic rings. The summed E-state index contributed by atoms with van der Waals surface area (Å²) in [4.78, 5) is 6.83. The van der Waals surface area contributed by atoms with Gasteiger partial charge in [-0.3, -0.25) is 4.90 Å². The Morgan fingerprint density at radius 3 is 3.11 bits per heavy atom. The van der Waals surface area contributed by atoms with Crippen molar-refractivity contribution in [1.82, 2.24) is 15.2 Å². The van der Waals surface area contributed by atoms with Crippen molar-refractivity contribution in [2.24, 2.45) is 0 Å². The van der Waals surface area contributed by atoms with Crippen LogP contribution in [0.3, 0.4) is 0 Å². The van der Waals surface area contributed by atoms with E-state index < -0.39 is 0 Å². The Morgan fingerprint density at radius 1 is 1.42 bits per heavy atom. The van der Waals surface area contributed by atoms with Crippen LogP contribution in [0, 0.1) is 0 Å². The lowest BCUT2D eigenvalue weighted by atomic mass is 10.2. The van der Waals surface area contributed by atoms with Crippen LogP contribution in [-0.2, 0) is 6.54 Å². The molecule has 0 unspecified atom stereocenters. The topological polar surface area (TPSA) is 37.4 Å². The van der Waals surface area contributed by atoms with Crippen LogP contribution in [0.25, 0.3) is 0 Å². The first-order valence-corrected chi connectivity index (χ1v) is 7.40. The number of aromatic nitrogens is 1. The van der Waals surface area contributed by atoms with E-state index in [0.717, 1.165) is 18.5 Å². The molecule has 1 saturated heterocycles. The zero-order valence-corrected chi connectivity index (χ0v) is 11.6. The maximum atomic E-state index is 5.43. The third kappa shape index (κ3) is 3.45. The Kier molecular flexibility index (Phi) is 3.99. The maximum Gasteiger partial charge on any atom is 0.213 e. The quantitative estimate of drug-likeness (QED) is 0.847. The predicted octanol–water partition coefficient (Wildman–Crippen LogP) is 1.81. The molecular weight excluding hydrogens is 238 g/mol. The minimum Gasteiger partial charge on any atom is -0.478 e. The second kappa shape index (κ2) is 5.88. The first-order chi connectivity index (χ1) is 9.35. The summed E-state index contributed by atoms with van der Waals surface area (Å²) in [5.41, 5.74) is 1.25. The van der Waals surface area contributed by atoms with E-state index in [4.69, 9.17) is 4.74 Å². The van der Waals surface area contributed by atoms with E-state index in [-0.39, 0.29) is 0 Å². The second-order valence-corrected chi connectivity index (χ2v) is 5.53. The third-order valence-electron chi connectivity index (χ3n) is 3.97. The predicted molar refractivity (Wildman–Crippen MR) is 75.2 cm³/mol. The average Bonchev–Trinajstić information content (AvgIpc) is 3.17.